The van der Waals surface area contributed by atoms with Gasteiger partial charge in [0, 0.05) is 11.9 Å². The van der Waals surface area contributed by atoms with Gasteiger partial charge in [-0.2, -0.15) is 0 Å². The summed E-state index contributed by atoms with van der Waals surface area (Å²) in [6.45, 7) is 2.50. The van der Waals surface area contributed by atoms with Crippen molar-refractivity contribution in [2.45, 2.75) is 13.5 Å². The van der Waals surface area contributed by atoms with Crippen LogP contribution in [0, 0.1) is 6.92 Å². The van der Waals surface area contributed by atoms with Gasteiger partial charge in [-0.1, -0.05) is 23.5 Å². The van der Waals surface area contributed by atoms with E-state index in [1.54, 1.807) is 0 Å². The Hall–Kier alpha value is -1.39. The molecule has 78 valence electrons. The van der Waals surface area contributed by atoms with Crippen LogP contribution in [0.4, 0.5) is 0 Å². The van der Waals surface area contributed by atoms with Crippen LogP contribution >= 0.6 is 11.3 Å². The number of rotatable bonds is 3. The average molecular weight is 220 g/mol. The molecule has 0 saturated carbocycles. The van der Waals surface area contributed by atoms with E-state index in [2.05, 4.69) is 4.98 Å². The molecule has 15 heavy (non-hydrogen) atoms. The lowest BCUT2D eigenvalue weighted by atomic mass is 10.2. The van der Waals surface area contributed by atoms with E-state index < -0.39 is 0 Å². The summed E-state index contributed by atoms with van der Waals surface area (Å²) < 4.78 is 5.57. The van der Waals surface area contributed by atoms with Crippen LogP contribution in [0.15, 0.2) is 29.6 Å². The molecule has 0 spiro atoms. The third-order valence-electron chi connectivity index (χ3n) is 1.96. The molecule has 0 radical (unpaired) electrons. The van der Waals surface area contributed by atoms with Crippen molar-refractivity contribution in [2.75, 3.05) is 0 Å². The van der Waals surface area contributed by atoms with Gasteiger partial charge >= 0.3 is 0 Å². The van der Waals surface area contributed by atoms with E-state index in [4.69, 9.17) is 10.5 Å². The zero-order valence-electron chi connectivity index (χ0n) is 8.43. The van der Waals surface area contributed by atoms with Crippen molar-refractivity contribution in [2.24, 2.45) is 5.73 Å². The van der Waals surface area contributed by atoms with Crippen molar-refractivity contribution in [3.8, 4) is 10.9 Å². The van der Waals surface area contributed by atoms with Crippen molar-refractivity contribution < 1.29 is 4.74 Å². The molecule has 0 unspecified atom stereocenters. The van der Waals surface area contributed by atoms with Crippen LogP contribution in [-0.2, 0) is 6.54 Å². The Morgan fingerprint density at radius 3 is 2.60 bits per heavy atom. The van der Waals surface area contributed by atoms with Crippen molar-refractivity contribution >= 4 is 11.3 Å². The Bertz CT molecular complexity index is 436. The number of benzene rings is 1. The van der Waals surface area contributed by atoms with Gasteiger partial charge in [-0.3, -0.25) is 0 Å². The van der Waals surface area contributed by atoms with Crippen LogP contribution in [0.2, 0.25) is 0 Å². The normalized spacial score (nSPS) is 10.3. The molecule has 0 saturated heterocycles. The second kappa shape index (κ2) is 4.42. The van der Waals surface area contributed by atoms with E-state index in [1.807, 2.05) is 36.6 Å². The fourth-order valence-corrected chi connectivity index (χ4v) is 1.84. The molecule has 1 heterocycles. The minimum Gasteiger partial charge on any atom is -0.431 e. The molecule has 1 aromatic carbocycles. The third kappa shape index (κ3) is 2.55. The molecule has 3 nitrogen and oxygen atoms in total. The Morgan fingerprint density at radius 1 is 1.33 bits per heavy atom. The predicted octanol–water partition coefficient (Wildman–Crippen LogP) is 2.70. The summed E-state index contributed by atoms with van der Waals surface area (Å²) in [5.41, 5.74) is 7.58. The number of hydrogen-bond acceptors (Lipinski definition) is 4. The minimum atomic E-state index is 0.552. The van der Waals surface area contributed by atoms with Crippen molar-refractivity contribution in [1.29, 1.82) is 0 Å². The van der Waals surface area contributed by atoms with Gasteiger partial charge in [-0.05, 0) is 24.6 Å². The largest absolute Gasteiger partial charge is 0.431 e. The van der Waals surface area contributed by atoms with Gasteiger partial charge in [0.05, 0.1) is 5.69 Å². The van der Waals surface area contributed by atoms with Crippen molar-refractivity contribution in [3.05, 3.63) is 40.9 Å². The summed E-state index contributed by atoms with van der Waals surface area (Å²) in [4.78, 5) is 4.22. The van der Waals surface area contributed by atoms with E-state index in [9.17, 15) is 0 Å². The molecule has 0 aliphatic carbocycles. The van der Waals surface area contributed by atoms with Crippen molar-refractivity contribution in [1.82, 2.24) is 4.98 Å². The second-order valence-electron chi connectivity index (χ2n) is 3.20. The number of hydrogen-bond donors (Lipinski definition) is 1. The first-order chi connectivity index (χ1) is 7.28. The molecule has 1 aromatic heterocycles. The van der Waals surface area contributed by atoms with Gasteiger partial charge in [0.15, 0.2) is 0 Å². The highest BCUT2D eigenvalue weighted by Crippen LogP contribution is 2.24. The highest BCUT2D eigenvalue weighted by molar-refractivity contribution is 7.11. The lowest BCUT2D eigenvalue weighted by Gasteiger charge is -2.02. The van der Waals surface area contributed by atoms with E-state index in [-0.39, 0.29) is 0 Å². The van der Waals surface area contributed by atoms with E-state index in [0.29, 0.717) is 11.7 Å². The second-order valence-corrected chi connectivity index (χ2v) is 4.03. The molecule has 0 fully saturated rings. The Kier molecular flexibility index (Phi) is 2.99. The molecule has 2 rings (SSSR count). The van der Waals surface area contributed by atoms with E-state index >= 15 is 0 Å². The number of aromatic nitrogens is 1. The fourth-order valence-electron chi connectivity index (χ4n) is 1.17. The third-order valence-corrected chi connectivity index (χ3v) is 2.80. The predicted molar refractivity (Wildman–Crippen MR) is 61.3 cm³/mol. The van der Waals surface area contributed by atoms with Crippen LogP contribution < -0.4 is 10.5 Å². The van der Waals surface area contributed by atoms with Gasteiger partial charge in [0.2, 0.25) is 0 Å². The molecular weight excluding hydrogens is 208 g/mol. The quantitative estimate of drug-likeness (QED) is 0.865. The number of nitrogens with zero attached hydrogens (tertiary/aromatic N) is 1. The number of aryl methyl sites for hydroxylation is 1. The first-order valence-electron chi connectivity index (χ1n) is 4.67. The highest BCUT2D eigenvalue weighted by atomic mass is 32.1. The lowest BCUT2D eigenvalue weighted by molar-refractivity contribution is 0.477. The standard InChI is InChI=1S/C11H12N2OS/c1-8-7-15-11(13-8)14-10-4-2-9(6-12)3-5-10/h2-5,7H,6,12H2,1H3. The van der Waals surface area contributed by atoms with Gasteiger partial charge in [-0.25, -0.2) is 4.98 Å². The van der Waals surface area contributed by atoms with Gasteiger partial charge in [0.1, 0.15) is 5.75 Å². The average Bonchev–Trinajstić information content (AvgIpc) is 2.65. The Balaban J connectivity index is 2.11. The van der Waals surface area contributed by atoms with Crippen LogP contribution in [0.5, 0.6) is 10.9 Å². The van der Waals surface area contributed by atoms with Crippen LogP contribution in [0.25, 0.3) is 0 Å². The van der Waals surface area contributed by atoms with Gasteiger partial charge in [0.25, 0.3) is 5.19 Å². The van der Waals surface area contributed by atoms with Crippen LogP contribution in [0.1, 0.15) is 11.3 Å². The van der Waals surface area contributed by atoms with E-state index in [0.717, 1.165) is 17.0 Å². The summed E-state index contributed by atoms with van der Waals surface area (Å²) >= 11 is 1.50. The Morgan fingerprint density at radius 2 is 2.07 bits per heavy atom. The van der Waals surface area contributed by atoms with Crippen molar-refractivity contribution in [3.63, 3.8) is 0 Å². The zero-order valence-corrected chi connectivity index (χ0v) is 9.25. The maximum atomic E-state index is 5.57. The fraction of sp³-hybridized carbons (Fsp3) is 0.182. The number of nitrogens with two attached hydrogens (primary N) is 1. The summed E-state index contributed by atoms with van der Waals surface area (Å²) in [6, 6.07) is 7.71. The lowest BCUT2D eigenvalue weighted by Crippen LogP contribution is -1.95. The number of thiazole rings is 1. The summed E-state index contributed by atoms with van der Waals surface area (Å²) in [5, 5.41) is 2.64. The molecule has 0 atom stereocenters. The first kappa shape index (κ1) is 10.1. The SMILES string of the molecule is Cc1csc(Oc2ccc(CN)cc2)n1. The summed E-state index contributed by atoms with van der Waals surface area (Å²) in [5.74, 6) is 0.793. The summed E-state index contributed by atoms with van der Waals surface area (Å²) in [7, 11) is 0. The zero-order chi connectivity index (χ0) is 10.7. The maximum Gasteiger partial charge on any atom is 0.278 e. The maximum absolute atomic E-state index is 5.57. The monoisotopic (exact) mass is 220 g/mol. The minimum absolute atomic E-state index is 0.552. The molecule has 0 aliphatic rings. The van der Waals surface area contributed by atoms with Gasteiger partial charge in [-0.15, -0.1) is 0 Å². The molecule has 2 N–H and O–H groups in total. The number of ether oxygens (including phenoxy) is 1. The molecule has 4 heteroatoms. The molecule has 0 aliphatic heterocycles. The highest BCUT2D eigenvalue weighted by Gasteiger charge is 2.01. The Labute approximate surface area is 92.5 Å². The molecular formula is C11H12N2OS. The molecule has 0 bridgehead atoms. The van der Waals surface area contributed by atoms with Gasteiger partial charge < -0.3 is 10.5 Å². The van der Waals surface area contributed by atoms with Crippen LogP contribution in [0.3, 0.4) is 0 Å². The summed E-state index contributed by atoms with van der Waals surface area (Å²) in [6.07, 6.45) is 0. The molecule has 0 amide bonds. The van der Waals surface area contributed by atoms with E-state index in [1.165, 1.54) is 11.3 Å². The topological polar surface area (TPSA) is 48.1 Å². The molecule has 2 aromatic rings. The first-order valence-corrected chi connectivity index (χ1v) is 5.55. The smallest absolute Gasteiger partial charge is 0.278 e. The van der Waals surface area contributed by atoms with Crippen LogP contribution in [-0.4, -0.2) is 4.98 Å².